The molecule has 14 heavy (non-hydrogen) atoms. The predicted molar refractivity (Wildman–Crippen MR) is 61.7 cm³/mol. The number of halogens is 1. The molecule has 2 N–H and O–H groups in total. The molecule has 0 heterocycles. The number of hydrogen-bond acceptors (Lipinski definition) is 1. The zero-order valence-corrected chi connectivity index (χ0v) is 9.54. The van der Waals surface area contributed by atoms with Crippen molar-refractivity contribution in [1.29, 1.82) is 0 Å². The van der Waals surface area contributed by atoms with E-state index in [9.17, 15) is 4.79 Å². The van der Waals surface area contributed by atoms with Crippen LogP contribution in [0.3, 0.4) is 0 Å². The number of aryl methyl sites for hydroxylation is 1. The van der Waals surface area contributed by atoms with Crippen LogP contribution in [-0.4, -0.2) is 5.91 Å². The van der Waals surface area contributed by atoms with E-state index in [1.54, 1.807) is 6.08 Å². The summed E-state index contributed by atoms with van der Waals surface area (Å²) in [5.74, 6) is -0.315. The Bertz CT molecular complexity index is 372. The summed E-state index contributed by atoms with van der Waals surface area (Å²) < 4.78 is 1.03. The van der Waals surface area contributed by atoms with Gasteiger partial charge in [0.2, 0.25) is 5.91 Å². The maximum Gasteiger partial charge on any atom is 0.221 e. The Kier molecular flexibility index (Phi) is 3.89. The van der Waals surface area contributed by atoms with Crippen LogP contribution < -0.4 is 5.73 Å². The van der Waals surface area contributed by atoms with Gasteiger partial charge in [-0.1, -0.05) is 40.2 Å². The number of amides is 1. The smallest absolute Gasteiger partial charge is 0.221 e. The lowest BCUT2D eigenvalue weighted by atomic mass is 10.1. The number of rotatable bonds is 3. The Morgan fingerprint density at radius 2 is 2.29 bits per heavy atom. The van der Waals surface area contributed by atoms with Gasteiger partial charge in [0.05, 0.1) is 0 Å². The molecule has 0 unspecified atom stereocenters. The zero-order chi connectivity index (χ0) is 10.6. The SMILES string of the molecule is Cc1ccc(C=CCC(N)=O)c(Br)c1. The summed E-state index contributed by atoms with van der Waals surface area (Å²) >= 11 is 3.45. The van der Waals surface area contributed by atoms with Crippen LogP contribution in [0.4, 0.5) is 0 Å². The van der Waals surface area contributed by atoms with Crippen molar-refractivity contribution in [2.24, 2.45) is 5.73 Å². The normalized spacial score (nSPS) is 10.7. The highest BCUT2D eigenvalue weighted by Gasteiger charge is 1.95. The number of hydrogen-bond donors (Lipinski definition) is 1. The molecule has 3 heteroatoms. The van der Waals surface area contributed by atoms with Crippen molar-refractivity contribution in [2.75, 3.05) is 0 Å². The Morgan fingerprint density at radius 1 is 1.57 bits per heavy atom. The molecule has 0 spiro atoms. The van der Waals surface area contributed by atoms with Crippen LogP contribution in [0.5, 0.6) is 0 Å². The van der Waals surface area contributed by atoms with E-state index in [1.165, 1.54) is 5.56 Å². The summed E-state index contributed by atoms with van der Waals surface area (Å²) in [5.41, 5.74) is 7.27. The van der Waals surface area contributed by atoms with Crippen LogP contribution in [0.2, 0.25) is 0 Å². The van der Waals surface area contributed by atoms with Gasteiger partial charge in [-0.2, -0.15) is 0 Å². The Labute approximate surface area is 91.9 Å². The van der Waals surface area contributed by atoms with Crippen molar-refractivity contribution in [1.82, 2.24) is 0 Å². The van der Waals surface area contributed by atoms with Crippen LogP contribution in [0.15, 0.2) is 28.7 Å². The van der Waals surface area contributed by atoms with Crippen LogP contribution >= 0.6 is 15.9 Å². The molecule has 1 aromatic rings. The first-order chi connectivity index (χ1) is 6.59. The zero-order valence-electron chi connectivity index (χ0n) is 7.96. The molecule has 0 aromatic heterocycles. The topological polar surface area (TPSA) is 43.1 Å². The molecule has 2 nitrogen and oxygen atoms in total. The predicted octanol–water partition coefficient (Wildman–Crippen LogP) is 2.65. The maximum absolute atomic E-state index is 10.5. The van der Waals surface area contributed by atoms with Gasteiger partial charge < -0.3 is 5.73 Å². The molecule has 0 aliphatic heterocycles. The van der Waals surface area contributed by atoms with Crippen LogP contribution in [0, 0.1) is 6.92 Å². The molecule has 0 aliphatic rings. The van der Waals surface area contributed by atoms with Crippen molar-refractivity contribution in [3.8, 4) is 0 Å². The number of benzene rings is 1. The second-order valence-electron chi connectivity index (χ2n) is 3.10. The van der Waals surface area contributed by atoms with E-state index in [1.807, 2.05) is 31.2 Å². The van der Waals surface area contributed by atoms with Gasteiger partial charge in [0.1, 0.15) is 0 Å². The second kappa shape index (κ2) is 4.96. The van der Waals surface area contributed by atoms with Gasteiger partial charge in [-0.25, -0.2) is 0 Å². The first-order valence-electron chi connectivity index (χ1n) is 4.30. The second-order valence-corrected chi connectivity index (χ2v) is 3.95. The molecule has 0 saturated carbocycles. The van der Waals surface area contributed by atoms with Crippen molar-refractivity contribution in [2.45, 2.75) is 13.3 Å². The molecular formula is C11H12BrNO. The van der Waals surface area contributed by atoms with Crippen molar-refractivity contribution in [3.63, 3.8) is 0 Å². The van der Waals surface area contributed by atoms with Crippen molar-refractivity contribution < 1.29 is 4.79 Å². The summed E-state index contributed by atoms with van der Waals surface area (Å²) in [6, 6.07) is 6.05. The Hall–Kier alpha value is -1.09. The van der Waals surface area contributed by atoms with E-state index in [-0.39, 0.29) is 12.3 Å². The molecular weight excluding hydrogens is 242 g/mol. The molecule has 0 radical (unpaired) electrons. The fourth-order valence-electron chi connectivity index (χ4n) is 1.07. The summed E-state index contributed by atoms with van der Waals surface area (Å²) in [6.45, 7) is 2.03. The highest BCUT2D eigenvalue weighted by atomic mass is 79.9. The van der Waals surface area contributed by atoms with Crippen molar-refractivity contribution >= 4 is 27.9 Å². The maximum atomic E-state index is 10.5. The van der Waals surface area contributed by atoms with Gasteiger partial charge in [0.25, 0.3) is 0 Å². The number of carbonyl (C=O) groups excluding carboxylic acids is 1. The average molecular weight is 254 g/mol. The van der Waals surface area contributed by atoms with Gasteiger partial charge in [0.15, 0.2) is 0 Å². The highest BCUT2D eigenvalue weighted by molar-refractivity contribution is 9.10. The van der Waals surface area contributed by atoms with E-state index >= 15 is 0 Å². The Balaban J connectivity index is 2.76. The monoisotopic (exact) mass is 253 g/mol. The van der Waals surface area contributed by atoms with E-state index in [2.05, 4.69) is 15.9 Å². The molecule has 0 fully saturated rings. The summed E-state index contributed by atoms with van der Waals surface area (Å²) in [6.07, 6.45) is 3.92. The van der Waals surface area contributed by atoms with Gasteiger partial charge in [-0.3, -0.25) is 4.79 Å². The van der Waals surface area contributed by atoms with Gasteiger partial charge in [0, 0.05) is 10.9 Å². The minimum atomic E-state index is -0.315. The molecule has 1 aromatic carbocycles. The third-order valence-electron chi connectivity index (χ3n) is 1.77. The van der Waals surface area contributed by atoms with E-state index < -0.39 is 0 Å². The summed E-state index contributed by atoms with van der Waals surface area (Å²) in [4.78, 5) is 10.5. The molecule has 0 bridgehead atoms. The number of carbonyl (C=O) groups is 1. The standard InChI is InChI=1S/C11H12BrNO/c1-8-5-6-9(10(12)7-8)3-2-4-11(13)14/h2-3,5-7H,4H2,1H3,(H2,13,14). The Morgan fingerprint density at radius 3 is 2.86 bits per heavy atom. The minimum Gasteiger partial charge on any atom is -0.369 e. The third-order valence-corrected chi connectivity index (χ3v) is 2.46. The van der Waals surface area contributed by atoms with Gasteiger partial charge in [-0.05, 0) is 24.1 Å². The van der Waals surface area contributed by atoms with Gasteiger partial charge in [-0.15, -0.1) is 0 Å². The number of nitrogens with two attached hydrogens (primary N) is 1. The highest BCUT2D eigenvalue weighted by Crippen LogP contribution is 2.19. The third kappa shape index (κ3) is 3.34. The fraction of sp³-hybridized carbons (Fsp3) is 0.182. The first-order valence-corrected chi connectivity index (χ1v) is 5.10. The minimum absolute atomic E-state index is 0.278. The van der Waals surface area contributed by atoms with Gasteiger partial charge >= 0.3 is 0 Å². The molecule has 0 atom stereocenters. The van der Waals surface area contributed by atoms with E-state index in [4.69, 9.17) is 5.73 Å². The van der Waals surface area contributed by atoms with Crippen LogP contribution in [0.1, 0.15) is 17.5 Å². The summed E-state index contributed by atoms with van der Waals surface area (Å²) in [5, 5.41) is 0. The largest absolute Gasteiger partial charge is 0.369 e. The average Bonchev–Trinajstić information content (AvgIpc) is 2.08. The lowest BCUT2D eigenvalue weighted by Crippen LogP contribution is -2.07. The molecule has 0 saturated heterocycles. The quantitative estimate of drug-likeness (QED) is 0.885. The fourth-order valence-corrected chi connectivity index (χ4v) is 1.69. The summed E-state index contributed by atoms with van der Waals surface area (Å²) in [7, 11) is 0. The molecule has 1 amide bonds. The van der Waals surface area contributed by atoms with E-state index in [0.29, 0.717) is 0 Å². The number of primary amides is 1. The lowest BCUT2D eigenvalue weighted by Gasteiger charge is -1.99. The molecule has 1 rings (SSSR count). The molecule has 74 valence electrons. The lowest BCUT2D eigenvalue weighted by molar-refractivity contribution is -0.117. The molecule has 0 aliphatic carbocycles. The first kappa shape index (κ1) is 11.0. The van der Waals surface area contributed by atoms with E-state index in [0.717, 1.165) is 10.0 Å². The van der Waals surface area contributed by atoms with Crippen LogP contribution in [-0.2, 0) is 4.79 Å². The van der Waals surface area contributed by atoms with Crippen LogP contribution in [0.25, 0.3) is 6.08 Å². The van der Waals surface area contributed by atoms with Crippen molar-refractivity contribution in [3.05, 3.63) is 39.9 Å².